The zero-order valence-corrected chi connectivity index (χ0v) is 13.6. The van der Waals surface area contributed by atoms with E-state index >= 15 is 0 Å². The van der Waals surface area contributed by atoms with Crippen molar-refractivity contribution >= 4 is 0 Å². The average Bonchev–Trinajstić information content (AvgIpc) is 2.42. The van der Waals surface area contributed by atoms with Crippen LogP contribution in [0.15, 0.2) is 0 Å². The second-order valence-corrected chi connectivity index (χ2v) is 5.83. The minimum Gasteiger partial charge on any atom is -0.379 e. The van der Waals surface area contributed by atoms with Crippen molar-refractivity contribution in [2.24, 2.45) is 0 Å². The Morgan fingerprint density at radius 2 is 1.60 bits per heavy atom. The van der Waals surface area contributed by atoms with Gasteiger partial charge in [-0.25, -0.2) is 0 Å². The molecule has 1 N–H and O–H groups in total. The van der Waals surface area contributed by atoms with E-state index in [-0.39, 0.29) is 0 Å². The smallest absolute Gasteiger partial charge is 0.0701 e. The molecule has 1 aliphatic heterocycles. The molecule has 1 fully saturated rings. The van der Waals surface area contributed by atoms with E-state index < -0.39 is 0 Å². The van der Waals surface area contributed by atoms with Crippen LogP contribution < -0.4 is 5.32 Å². The van der Waals surface area contributed by atoms with Gasteiger partial charge < -0.3 is 24.6 Å². The molecule has 120 valence electrons. The zero-order chi connectivity index (χ0) is 14.6. The lowest BCUT2D eigenvalue weighted by molar-refractivity contribution is 0.0431. The van der Waals surface area contributed by atoms with Crippen LogP contribution in [0, 0.1) is 0 Å². The zero-order valence-electron chi connectivity index (χ0n) is 13.6. The lowest BCUT2D eigenvalue weighted by Gasteiger charge is -2.32. The van der Waals surface area contributed by atoms with Gasteiger partial charge in [0.05, 0.1) is 19.8 Å². The molecule has 0 aromatic heterocycles. The molecule has 0 spiro atoms. The van der Waals surface area contributed by atoms with Crippen LogP contribution in [0.1, 0.15) is 20.3 Å². The fourth-order valence-corrected chi connectivity index (χ4v) is 2.20. The molecular formula is C15H33N3O2. The number of hydrogen-bond donors (Lipinski definition) is 1. The molecule has 0 radical (unpaired) electrons. The number of nitrogens with one attached hydrogen (secondary N) is 1. The molecule has 0 aliphatic carbocycles. The molecule has 1 saturated heterocycles. The van der Waals surface area contributed by atoms with Gasteiger partial charge in [0.15, 0.2) is 0 Å². The third-order valence-electron chi connectivity index (χ3n) is 3.53. The molecule has 0 unspecified atom stereocenters. The van der Waals surface area contributed by atoms with Crippen LogP contribution in [-0.4, -0.2) is 88.6 Å². The van der Waals surface area contributed by atoms with Crippen molar-refractivity contribution in [1.82, 2.24) is 15.1 Å². The minimum absolute atomic E-state index is 0.532. The van der Waals surface area contributed by atoms with E-state index in [1.165, 1.54) is 26.2 Å². The summed E-state index contributed by atoms with van der Waals surface area (Å²) in [5.41, 5.74) is 0. The van der Waals surface area contributed by atoms with E-state index in [0.29, 0.717) is 19.3 Å². The van der Waals surface area contributed by atoms with Crippen molar-refractivity contribution in [1.29, 1.82) is 0 Å². The highest BCUT2D eigenvalue weighted by molar-refractivity contribution is 4.68. The summed E-state index contributed by atoms with van der Waals surface area (Å²) in [5, 5.41) is 3.32. The van der Waals surface area contributed by atoms with Gasteiger partial charge in [-0.05, 0) is 13.5 Å². The van der Waals surface area contributed by atoms with Crippen molar-refractivity contribution in [3.63, 3.8) is 0 Å². The quantitative estimate of drug-likeness (QED) is 0.565. The highest BCUT2D eigenvalue weighted by Crippen LogP contribution is 2.00. The molecule has 20 heavy (non-hydrogen) atoms. The summed E-state index contributed by atoms with van der Waals surface area (Å²) >= 11 is 0. The van der Waals surface area contributed by atoms with Crippen molar-refractivity contribution in [2.45, 2.75) is 26.3 Å². The molecule has 5 heteroatoms. The molecule has 0 atom stereocenters. The molecule has 1 rings (SSSR count). The third-order valence-corrected chi connectivity index (χ3v) is 3.53. The van der Waals surface area contributed by atoms with Gasteiger partial charge >= 0.3 is 0 Å². The number of hydrogen-bond acceptors (Lipinski definition) is 5. The van der Waals surface area contributed by atoms with Crippen LogP contribution in [-0.2, 0) is 9.47 Å². The van der Waals surface area contributed by atoms with Crippen LogP contribution in [0.25, 0.3) is 0 Å². The predicted octanol–water partition coefficient (Wildman–Crippen LogP) is 0.655. The molecule has 0 aromatic carbocycles. The minimum atomic E-state index is 0.532. The highest BCUT2D eigenvalue weighted by Gasteiger charge is 2.12. The molecule has 1 aliphatic rings. The van der Waals surface area contributed by atoms with Gasteiger partial charge in [-0.2, -0.15) is 0 Å². The summed E-state index contributed by atoms with van der Waals surface area (Å²) in [4.78, 5) is 4.91. The van der Waals surface area contributed by atoms with Gasteiger partial charge in [0.1, 0.15) is 0 Å². The van der Waals surface area contributed by atoms with E-state index in [1.54, 1.807) is 0 Å². The topological polar surface area (TPSA) is 37.0 Å². The van der Waals surface area contributed by atoms with Crippen LogP contribution in [0.5, 0.6) is 0 Å². The van der Waals surface area contributed by atoms with Crippen LogP contribution in [0.4, 0.5) is 0 Å². The van der Waals surface area contributed by atoms with E-state index in [9.17, 15) is 0 Å². The van der Waals surface area contributed by atoms with Gasteiger partial charge in [0, 0.05) is 51.9 Å². The Bertz CT molecular complexity index is 219. The van der Waals surface area contributed by atoms with Crippen LogP contribution in [0.2, 0.25) is 0 Å². The second-order valence-electron chi connectivity index (χ2n) is 5.83. The predicted molar refractivity (Wildman–Crippen MR) is 83.3 cm³/mol. The first-order chi connectivity index (χ1) is 9.68. The SMILES string of the molecule is CC(C)NCCOCCOCCCN1CCN(C)CC1. The van der Waals surface area contributed by atoms with Crippen molar-refractivity contribution in [3.05, 3.63) is 0 Å². The van der Waals surface area contributed by atoms with Gasteiger partial charge in [-0.15, -0.1) is 0 Å². The van der Waals surface area contributed by atoms with Crippen LogP contribution >= 0.6 is 0 Å². The van der Waals surface area contributed by atoms with Gasteiger partial charge in [-0.3, -0.25) is 0 Å². The number of nitrogens with zero attached hydrogens (tertiary/aromatic N) is 2. The maximum atomic E-state index is 5.59. The summed E-state index contributed by atoms with van der Waals surface area (Å²) in [7, 11) is 2.19. The Morgan fingerprint density at radius 1 is 0.950 bits per heavy atom. The van der Waals surface area contributed by atoms with E-state index in [2.05, 4.69) is 36.0 Å². The first-order valence-electron chi connectivity index (χ1n) is 7.98. The number of ether oxygens (including phenoxy) is 2. The monoisotopic (exact) mass is 287 g/mol. The van der Waals surface area contributed by atoms with Gasteiger partial charge in [0.25, 0.3) is 0 Å². The van der Waals surface area contributed by atoms with E-state index in [4.69, 9.17) is 9.47 Å². The molecule has 0 aromatic rings. The number of piperazine rings is 1. The fourth-order valence-electron chi connectivity index (χ4n) is 2.20. The highest BCUT2D eigenvalue weighted by atomic mass is 16.5. The van der Waals surface area contributed by atoms with Crippen molar-refractivity contribution < 1.29 is 9.47 Å². The van der Waals surface area contributed by atoms with Crippen molar-refractivity contribution in [3.8, 4) is 0 Å². The summed E-state index contributed by atoms with van der Waals surface area (Å²) in [6.07, 6.45) is 1.12. The molecule has 1 heterocycles. The van der Waals surface area contributed by atoms with Crippen LogP contribution in [0.3, 0.4) is 0 Å². The molecule has 5 nitrogen and oxygen atoms in total. The maximum absolute atomic E-state index is 5.59. The molecule has 0 bridgehead atoms. The summed E-state index contributed by atoms with van der Waals surface area (Å²) < 4.78 is 11.1. The number of likely N-dealkylation sites (N-methyl/N-ethyl adjacent to an activating group) is 1. The molecule has 0 amide bonds. The summed E-state index contributed by atoms with van der Waals surface area (Å²) in [5.74, 6) is 0. The molecule has 0 saturated carbocycles. The Morgan fingerprint density at radius 3 is 2.25 bits per heavy atom. The average molecular weight is 287 g/mol. The Kier molecular flexibility index (Phi) is 10.2. The van der Waals surface area contributed by atoms with Crippen molar-refractivity contribution in [2.75, 3.05) is 72.7 Å². The summed E-state index contributed by atoms with van der Waals surface area (Å²) in [6.45, 7) is 14.2. The second kappa shape index (κ2) is 11.5. The standard InChI is InChI=1S/C15H33N3O2/c1-15(2)16-5-12-20-14-13-19-11-4-6-18-9-7-17(3)8-10-18/h15-16H,4-14H2,1-3H3. The van der Waals surface area contributed by atoms with Gasteiger partial charge in [0.2, 0.25) is 0 Å². The Labute approximate surface area is 124 Å². The lowest BCUT2D eigenvalue weighted by Crippen LogP contribution is -2.44. The number of rotatable bonds is 11. The lowest BCUT2D eigenvalue weighted by atomic mass is 10.3. The fraction of sp³-hybridized carbons (Fsp3) is 1.00. The first kappa shape index (κ1) is 17.9. The van der Waals surface area contributed by atoms with Gasteiger partial charge in [-0.1, -0.05) is 13.8 Å². The molecular weight excluding hydrogens is 254 g/mol. The Balaban J connectivity index is 1.76. The normalized spacial score (nSPS) is 18.0. The first-order valence-corrected chi connectivity index (χ1v) is 7.98. The largest absolute Gasteiger partial charge is 0.379 e. The Hall–Kier alpha value is -0.200. The van der Waals surface area contributed by atoms with E-state index in [0.717, 1.165) is 32.7 Å². The van der Waals surface area contributed by atoms with E-state index in [1.807, 2.05) is 0 Å². The summed E-state index contributed by atoms with van der Waals surface area (Å²) in [6, 6.07) is 0.532. The maximum Gasteiger partial charge on any atom is 0.0701 e. The third kappa shape index (κ3) is 9.66.